The molecular formula is C35H40ClF4N8O3+. The van der Waals surface area contributed by atoms with Gasteiger partial charge in [0.05, 0.1) is 49.2 Å². The number of carbonyl (C=O) groups is 2. The molecule has 4 aromatic rings. The van der Waals surface area contributed by atoms with Crippen LogP contribution >= 0.6 is 11.6 Å². The molecule has 4 N–H and O–H groups in total. The lowest BCUT2D eigenvalue weighted by Crippen LogP contribution is -2.54. The molecule has 0 radical (unpaired) electrons. The van der Waals surface area contributed by atoms with Gasteiger partial charge in [-0.3, -0.25) is 14.0 Å². The van der Waals surface area contributed by atoms with Crippen molar-refractivity contribution in [2.45, 2.75) is 32.3 Å². The quantitative estimate of drug-likeness (QED) is 0.0829. The van der Waals surface area contributed by atoms with Crippen LogP contribution in [0.15, 0.2) is 48.9 Å². The van der Waals surface area contributed by atoms with Crippen molar-refractivity contribution in [1.82, 2.24) is 30.3 Å². The van der Waals surface area contributed by atoms with Crippen molar-refractivity contribution in [3.63, 3.8) is 0 Å². The van der Waals surface area contributed by atoms with E-state index in [1.165, 1.54) is 36.0 Å². The van der Waals surface area contributed by atoms with Crippen LogP contribution in [-0.2, 0) is 4.79 Å². The third kappa shape index (κ3) is 8.54. The van der Waals surface area contributed by atoms with Crippen molar-refractivity contribution in [3.05, 3.63) is 71.1 Å². The number of rotatable bonds is 13. The number of nitrogens with one attached hydrogen (secondary N) is 4. The fourth-order valence-electron chi connectivity index (χ4n) is 6.91. The highest BCUT2D eigenvalue weighted by atomic mass is 35.5. The Bertz CT molecular complexity index is 1880. The van der Waals surface area contributed by atoms with E-state index < -0.39 is 24.0 Å². The molecule has 6 rings (SSSR count). The summed E-state index contributed by atoms with van der Waals surface area (Å²) in [5.74, 6) is -3.12. The molecule has 0 saturated carbocycles. The highest BCUT2D eigenvalue weighted by molar-refractivity contribution is 6.34. The van der Waals surface area contributed by atoms with Crippen LogP contribution in [0.25, 0.3) is 16.9 Å². The monoisotopic (exact) mass is 731 g/mol. The van der Waals surface area contributed by atoms with Crippen LogP contribution < -0.4 is 26.0 Å². The van der Waals surface area contributed by atoms with Gasteiger partial charge in [0.1, 0.15) is 0 Å². The Morgan fingerprint density at radius 2 is 1.86 bits per heavy atom. The van der Waals surface area contributed by atoms with Crippen LogP contribution in [0.1, 0.15) is 36.0 Å². The van der Waals surface area contributed by atoms with E-state index in [1.807, 2.05) is 0 Å². The lowest BCUT2D eigenvalue weighted by molar-refractivity contribution is -0.917. The van der Waals surface area contributed by atoms with Crippen molar-refractivity contribution in [2.24, 2.45) is 11.8 Å². The maximum Gasteiger partial charge on any atom is 0.387 e. The van der Waals surface area contributed by atoms with Crippen LogP contribution in [0.2, 0.25) is 5.02 Å². The van der Waals surface area contributed by atoms with Gasteiger partial charge in [-0.15, -0.1) is 0 Å². The number of fused-ring (bicyclic) bond motifs is 1. The highest BCUT2D eigenvalue weighted by Gasteiger charge is 2.35. The minimum Gasteiger partial charge on any atom is -0.432 e. The number of amides is 2. The number of quaternary nitrogens is 1. The Balaban J connectivity index is 0.986. The number of alkyl halides is 2. The van der Waals surface area contributed by atoms with Crippen molar-refractivity contribution in [1.29, 1.82) is 0 Å². The number of nitrogens with zero attached hydrogens (tertiary/aromatic N) is 4. The molecule has 51 heavy (non-hydrogen) atoms. The molecule has 2 aromatic carbocycles. The molecule has 2 aliphatic rings. The third-order valence-corrected chi connectivity index (χ3v) is 9.96. The molecule has 16 heteroatoms. The number of aromatic nitrogens is 3. The molecule has 2 amide bonds. The number of carbonyl (C=O) groups excluding carboxylic acids is 2. The lowest BCUT2D eigenvalue weighted by Gasteiger charge is -2.41. The predicted octanol–water partition coefficient (Wildman–Crippen LogP) is 5.38. The summed E-state index contributed by atoms with van der Waals surface area (Å²) in [5, 5.41) is 12.6. The molecule has 272 valence electrons. The number of hydrogen-bond acceptors (Lipinski definition) is 7. The number of anilines is 2. The summed E-state index contributed by atoms with van der Waals surface area (Å²) >= 11 is 6.47. The summed E-state index contributed by atoms with van der Waals surface area (Å²) in [5.41, 5.74) is 0.910. The van der Waals surface area contributed by atoms with Gasteiger partial charge in [-0.05, 0) is 49.7 Å². The van der Waals surface area contributed by atoms with Crippen LogP contribution in [0.5, 0.6) is 5.75 Å². The molecular weight excluding hydrogens is 692 g/mol. The SMILES string of the molecule is C[N+]1(CC2CCNC2)CCC(C(=O)NCCCNC(=O)c2ccc(Nc3nccn4c(-c5ccc(OC(F)F)c(F)c5F)cnc34)cc2Cl)CC1. The zero-order valence-corrected chi connectivity index (χ0v) is 28.8. The fourth-order valence-corrected chi connectivity index (χ4v) is 7.17. The van der Waals surface area contributed by atoms with Gasteiger partial charge < -0.3 is 30.5 Å². The second kappa shape index (κ2) is 15.8. The van der Waals surface area contributed by atoms with Gasteiger partial charge in [-0.2, -0.15) is 13.2 Å². The molecule has 4 heterocycles. The van der Waals surface area contributed by atoms with Crippen molar-refractivity contribution < 1.29 is 36.4 Å². The van der Waals surface area contributed by atoms with Crippen molar-refractivity contribution in [2.75, 3.05) is 58.2 Å². The van der Waals surface area contributed by atoms with Gasteiger partial charge in [0.2, 0.25) is 11.7 Å². The second-order valence-electron chi connectivity index (χ2n) is 13.3. The third-order valence-electron chi connectivity index (χ3n) is 9.65. The van der Waals surface area contributed by atoms with E-state index in [9.17, 15) is 27.2 Å². The van der Waals surface area contributed by atoms with Gasteiger partial charge in [0, 0.05) is 68.0 Å². The number of imidazole rings is 1. The van der Waals surface area contributed by atoms with E-state index in [0.717, 1.165) is 61.6 Å². The molecule has 2 fully saturated rings. The number of benzene rings is 2. The van der Waals surface area contributed by atoms with E-state index >= 15 is 0 Å². The summed E-state index contributed by atoms with van der Waals surface area (Å²) in [6, 6.07) is 6.76. The normalized spacial score (nSPS) is 20.5. The van der Waals surface area contributed by atoms with Crippen molar-refractivity contribution in [3.8, 4) is 17.0 Å². The highest BCUT2D eigenvalue weighted by Crippen LogP contribution is 2.33. The van der Waals surface area contributed by atoms with Gasteiger partial charge in [-0.1, -0.05) is 11.6 Å². The Hall–Kier alpha value is -4.47. The van der Waals surface area contributed by atoms with E-state index in [4.69, 9.17) is 11.6 Å². The van der Waals surface area contributed by atoms with Gasteiger partial charge in [-0.25, -0.2) is 14.4 Å². The Labute approximate surface area is 297 Å². The van der Waals surface area contributed by atoms with Crippen LogP contribution in [0.4, 0.5) is 29.1 Å². The maximum absolute atomic E-state index is 14.8. The molecule has 0 spiro atoms. The first-order valence-electron chi connectivity index (χ1n) is 16.9. The van der Waals surface area contributed by atoms with Gasteiger partial charge in [0.15, 0.2) is 23.0 Å². The topological polar surface area (TPSA) is 122 Å². The van der Waals surface area contributed by atoms with Crippen LogP contribution in [-0.4, -0.2) is 90.1 Å². The maximum atomic E-state index is 14.8. The molecule has 11 nitrogen and oxygen atoms in total. The summed E-state index contributed by atoms with van der Waals surface area (Å²) in [6.45, 7) is 2.89. The first-order valence-corrected chi connectivity index (χ1v) is 17.3. The van der Waals surface area contributed by atoms with Crippen LogP contribution in [0, 0.1) is 23.5 Å². The van der Waals surface area contributed by atoms with E-state index in [-0.39, 0.29) is 51.0 Å². The molecule has 1 unspecified atom stereocenters. The Morgan fingerprint density at radius 3 is 2.59 bits per heavy atom. The zero-order valence-electron chi connectivity index (χ0n) is 28.0. The smallest absolute Gasteiger partial charge is 0.387 e. The summed E-state index contributed by atoms with van der Waals surface area (Å²) in [6.07, 6.45) is 7.75. The Morgan fingerprint density at radius 1 is 1.08 bits per heavy atom. The number of likely N-dealkylation sites (tertiary alicyclic amines) is 1. The first-order chi connectivity index (χ1) is 24.5. The predicted molar refractivity (Wildman–Crippen MR) is 184 cm³/mol. The zero-order chi connectivity index (χ0) is 36.1. The summed E-state index contributed by atoms with van der Waals surface area (Å²) < 4.78 is 60.9. The summed E-state index contributed by atoms with van der Waals surface area (Å²) in [4.78, 5) is 34.2. The summed E-state index contributed by atoms with van der Waals surface area (Å²) in [7, 11) is 2.30. The first kappa shape index (κ1) is 36.3. The van der Waals surface area contributed by atoms with E-state index in [2.05, 4.69) is 43.0 Å². The van der Waals surface area contributed by atoms with Crippen LogP contribution in [0.3, 0.4) is 0 Å². The van der Waals surface area contributed by atoms with E-state index in [0.29, 0.717) is 25.2 Å². The van der Waals surface area contributed by atoms with Crippen molar-refractivity contribution >= 4 is 40.6 Å². The lowest BCUT2D eigenvalue weighted by atomic mass is 9.93. The fraction of sp³-hybridized carbons (Fsp3) is 0.429. The van der Waals surface area contributed by atoms with Gasteiger partial charge in [0.25, 0.3) is 5.91 Å². The van der Waals surface area contributed by atoms with Gasteiger partial charge >= 0.3 is 6.61 Å². The number of halogens is 5. The molecule has 0 bridgehead atoms. The minimum atomic E-state index is -3.31. The van der Waals surface area contributed by atoms with E-state index in [1.54, 1.807) is 18.2 Å². The molecule has 1 atom stereocenters. The average molecular weight is 732 g/mol. The number of ether oxygens (including phenoxy) is 1. The molecule has 0 aliphatic carbocycles. The minimum absolute atomic E-state index is 0.0264. The average Bonchev–Trinajstić information content (AvgIpc) is 3.77. The Kier molecular flexibility index (Phi) is 11.3. The number of hydrogen-bond donors (Lipinski definition) is 4. The standard InChI is InChI=1S/C35H39ClF4N8O3/c1-48(20-21-7-12-41-18-21)15-8-22(9-16-48)33(49)43-10-2-11-44-34(50)24-4-3-23(17-26(24)36)46-31-32-45-19-27(47(32)14-13-42-31)25-5-6-28(51-35(39)40)30(38)29(25)37/h3-6,13-14,17,19,21-22,35,41H,2,7-12,15-16,18,20H2,1H3,(H2-,42,43,44,46,49,50)/p+1. The molecule has 2 aliphatic heterocycles. The number of piperidine rings is 1. The second-order valence-corrected chi connectivity index (χ2v) is 13.7. The molecule has 2 saturated heterocycles. The largest absolute Gasteiger partial charge is 0.432 e. The molecule has 2 aromatic heterocycles.